The van der Waals surface area contributed by atoms with Crippen LogP contribution in [0, 0.1) is 18.6 Å². The van der Waals surface area contributed by atoms with Crippen LogP contribution in [-0.2, 0) is 24.1 Å². The van der Waals surface area contributed by atoms with Gasteiger partial charge >= 0.3 is 5.69 Å². The van der Waals surface area contributed by atoms with Crippen LogP contribution < -0.4 is 16.0 Å². The van der Waals surface area contributed by atoms with E-state index in [1.54, 1.807) is 0 Å². The molecule has 2 rings (SSSR count). The van der Waals surface area contributed by atoms with Crippen LogP contribution in [0.25, 0.3) is 0 Å². The lowest BCUT2D eigenvalue weighted by molar-refractivity contribution is 0.509. The summed E-state index contributed by atoms with van der Waals surface area (Å²) < 4.78 is 54.5. The van der Waals surface area contributed by atoms with Gasteiger partial charge in [0.25, 0.3) is 15.6 Å². The molecule has 2 aromatic rings. The Labute approximate surface area is 129 Å². The molecule has 7 nitrogen and oxygen atoms in total. The topological polar surface area (TPSA) is 90.2 Å². The van der Waals surface area contributed by atoms with Crippen molar-refractivity contribution >= 4 is 15.7 Å². The Kier molecular flexibility index (Phi) is 4.12. The van der Waals surface area contributed by atoms with Gasteiger partial charge in [-0.2, -0.15) is 0 Å². The molecule has 1 aromatic carbocycles. The number of nitrogens with one attached hydrogen (secondary N) is 1. The summed E-state index contributed by atoms with van der Waals surface area (Å²) in [6.45, 7) is 1.29. The van der Waals surface area contributed by atoms with Crippen molar-refractivity contribution in [3.63, 3.8) is 0 Å². The number of rotatable bonds is 3. The van der Waals surface area contributed by atoms with E-state index >= 15 is 0 Å². The predicted molar refractivity (Wildman–Crippen MR) is 78.8 cm³/mol. The van der Waals surface area contributed by atoms with Crippen molar-refractivity contribution in [3.8, 4) is 0 Å². The fraction of sp³-hybridized carbons (Fsp3) is 0.231. The van der Waals surface area contributed by atoms with E-state index < -0.39 is 37.8 Å². The Morgan fingerprint density at radius 3 is 2.22 bits per heavy atom. The molecule has 0 spiro atoms. The number of hydrogen-bond acceptors (Lipinski definition) is 4. The highest BCUT2D eigenvalue weighted by molar-refractivity contribution is 7.92. The van der Waals surface area contributed by atoms with Crippen LogP contribution in [0.15, 0.2) is 32.7 Å². The third kappa shape index (κ3) is 2.89. The normalized spacial score (nSPS) is 11.5. The molecule has 1 N–H and O–H groups in total. The van der Waals surface area contributed by atoms with Crippen molar-refractivity contribution in [2.75, 3.05) is 4.72 Å². The fourth-order valence-electron chi connectivity index (χ4n) is 1.99. The van der Waals surface area contributed by atoms with Crippen LogP contribution >= 0.6 is 0 Å². The van der Waals surface area contributed by atoms with Gasteiger partial charge in [-0.25, -0.2) is 22.0 Å². The summed E-state index contributed by atoms with van der Waals surface area (Å²) in [6, 6.07) is 2.41. The summed E-state index contributed by atoms with van der Waals surface area (Å²) in [6.07, 6.45) is 0. The average molecular weight is 345 g/mol. The molecule has 0 atom stereocenters. The molecule has 0 unspecified atom stereocenters. The smallest absolute Gasteiger partial charge is 0.300 e. The summed E-state index contributed by atoms with van der Waals surface area (Å²) in [4.78, 5) is 23.2. The molecular formula is C13H13F2N3O4S. The Morgan fingerprint density at radius 1 is 1.04 bits per heavy atom. The molecule has 0 aliphatic heterocycles. The molecule has 1 heterocycles. The van der Waals surface area contributed by atoms with Crippen molar-refractivity contribution < 1.29 is 17.2 Å². The second-order valence-corrected chi connectivity index (χ2v) is 6.47. The quantitative estimate of drug-likeness (QED) is 0.876. The summed E-state index contributed by atoms with van der Waals surface area (Å²) in [5, 5.41) is 0. The fourth-order valence-corrected chi connectivity index (χ4v) is 3.42. The van der Waals surface area contributed by atoms with E-state index in [-0.39, 0.29) is 11.4 Å². The zero-order valence-electron chi connectivity index (χ0n) is 12.4. The van der Waals surface area contributed by atoms with Gasteiger partial charge in [-0.3, -0.25) is 18.7 Å². The second-order valence-electron chi connectivity index (χ2n) is 4.85. The van der Waals surface area contributed by atoms with Crippen LogP contribution in [0.3, 0.4) is 0 Å². The van der Waals surface area contributed by atoms with Gasteiger partial charge in [0.15, 0.2) is 16.5 Å². The minimum absolute atomic E-state index is 0.0758. The van der Waals surface area contributed by atoms with Crippen molar-refractivity contribution in [3.05, 3.63) is 56.4 Å². The number of anilines is 1. The predicted octanol–water partition coefficient (Wildman–Crippen LogP) is 0.471. The zero-order chi connectivity index (χ0) is 17.5. The van der Waals surface area contributed by atoms with Crippen LogP contribution in [0.4, 0.5) is 14.5 Å². The Morgan fingerprint density at radius 2 is 1.65 bits per heavy atom. The van der Waals surface area contributed by atoms with Crippen molar-refractivity contribution in [2.45, 2.75) is 11.8 Å². The summed E-state index contributed by atoms with van der Waals surface area (Å²) >= 11 is 0. The number of benzene rings is 1. The Balaban J connectivity index is 2.63. The first kappa shape index (κ1) is 16.9. The molecular weight excluding hydrogens is 332 g/mol. The van der Waals surface area contributed by atoms with E-state index in [0.29, 0.717) is 10.6 Å². The van der Waals surface area contributed by atoms with Crippen LogP contribution in [0.1, 0.15) is 5.69 Å². The number of nitrogens with zero attached hydrogens (tertiary/aromatic N) is 2. The van der Waals surface area contributed by atoms with Gasteiger partial charge in [0, 0.05) is 25.9 Å². The van der Waals surface area contributed by atoms with Gasteiger partial charge in [-0.15, -0.1) is 0 Å². The number of sulfonamides is 1. The van der Waals surface area contributed by atoms with Gasteiger partial charge in [0.1, 0.15) is 0 Å². The van der Waals surface area contributed by atoms with Gasteiger partial charge in [-0.1, -0.05) is 0 Å². The SMILES string of the molecule is Cc1c(S(=O)(=O)Nc2ccc(F)c(F)c2)c(=O)n(C)c(=O)n1C. The molecule has 0 bridgehead atoms. The molecule has 10 heteroatoms. The van der Waals surface area contributed by atoms with Crippen molar-refractivity contribution in [1.29, 1.82) is 0 Å². The van der Waals surface area contributed by atoms with Crippen molar-refractivity contribution in [2.24, 2.45) is 14.1 Å². The molecule has 0 aliphatic rings. The van der Waals surface area contributed by atoms with Gasteiger partial charge in [-0.05, 0) is 19.1 Å². The highest BCUT2D eigenvalue weighted by atomic mass is 32.2. The largest absolute Gasteiger partial charge is 0.330 e. The minimum Gasteiger partial charge on any atom is -0.300 e. The first-order valence-corrected chi connectivity index (χ1v) is 7.79. The Hall–Kier alpha value is -2.49. The third-order valence-corrected chi connectivity index (χ3v) is 4.86. The lowest BCUT2D eigenvalue weighted by atomic mass is 10.3. The highest BCUT2D eigenvalue weighted by Crippen LogP contribution is 2.18. The average Bonchev–Trinajstić information content (AvgIpc) is 2.46. The molecule has 23 heavy (non-hydrogen) atoms. The first-order valence-electron chi connectivity index (χ1n) is 6.30. The number of halogens is 2. The molecule has 0 saturated carbocycles. The first-order chi connectivity index (χ1) is 10.6. The third-order valence-electron chi connectivity index (χ3n) is 3.35. The Bertz CT molecular complexity index is 1010. The standard InChI is InChI=1S/C13H13F2N3O4S/c1-7-11(12(19)18(3)13(20)17(7)2)23(21,22)16-8-4-5-9(14)10(15)6-8/h4-6,16H,1-3H3. The van der Waals surface area contributed by atoms with Crippen molar-refractivity contribution in [1.82, 2.24) is 9.13 Å². The molecule has 124 valence electrons. The summed E-state index contributed by atoms with van der Waals surface area (Å²) in [7, 11) is -1.95. The maximum Gasteiger partial charge on any atom is 0.330 e. The molecule has 1 aromatic heterocycles. The maximum atomic E-state index is 13.2. The van der Waals surface area contributed by atoms with E-state index in [2.05, 4.69) is 0 Å². The number of aromatic nitrogens is 2. The van der Waals surface area contributed by atoms with Gasteiger partial charge < -0.3 is 0 Å². The van der Waals surface area contributed by atoms with E-state index in [4.69, 9.17) is 0 Å². The molecule has 0 saturated heterocycles. The van der Waals surface area contributed by atoms with E-state index in [9.17, 15) is 26.8 Å². The molecule has 0 aliphatic carbocycles. The van der Waals surface area contributed by atoms with Crippen LogP contribution in [0.5, 0.6) is 0 Å². The van der Waals surface area contributed by atoms with E-state index in [0.717, 1.165) is 23.7 Å². The highest BCUT2D eigenvalue weighted by Gasteiger charge is 2.25. The van der Waals surface area contributed by atoms with Crippen LogP contribution in [0.2, 0.25) is 0 Å². The molecule has 0 amide bonds. The number of hydrogen-bond donors (Lipinski definition) is 1. The van der Waals surface area contributed by atoms with Crippen LogP contribution in [-0.4, -0.2) is 17.6 Å². The van der Waals surface area contributed by atoms with Gasteiger partial charge in [0.2, 0.25) is 0 Å². The van der Waals surface area contributed by atoms with Gasteiger partial charge in [0.05, 0.1) is 5.69 Å². The lowest BCUT2D eigenvalue weighted by Crippen LogP contribution is -2.42. The molecule has 0 fully saturated rings. The zero-order valence-corrected chi connectivity index (χ0v) is 13.2. The maximum absolute atomic E-state index is 13.2. The summed E-state index contributed by atoms with van der Waals surface area (Å²) in [5.41, 5.74) is -2.02. The monoisotopic (exact) mass is 345 g/mol. The minimum atomic E-state index is -4.40. The summed E-state index contributed by atoms with van der Waals surface area (Å²) in [5.74, 6) is -2.38. The van der Waals surface area contributed by atoms with E-state index in [1.807, 2.05) is 4.72 Å². The second kappa shape index (κ2) is 5.61. The molecule has 0 radical (unpaired) electrons. The lowest BCUT2D eigenvalue weighted by Gasteiger charge is -2.13. The van der Waals surface area contributed by atoms with E-state index in [1.165, 1.54) is 14.0 Å².